The minimum absolute atomic E-state index is 0.00272. The van der Waals surface area contributed by atoms with Gasteiger partial charge in [-0.3, -0.25) is 9.10 Å². The summed E-state index contributed by atoms with van der Waals surface area (Å²) in [5.74, 6) is -0.671. The number of fused-ring (bicyclic) bond motifs is 1. The number of nitrogens with zero attached hydrogens (tertiary/aromatic N) is 1. The number of methoxy groups -OCH3 is 1. The number of anilines is 1. The standard InChI is InChI=1S/C20H21FN2O4S2/c1-23(29(25,26)17-7-4-15(21)5-8-17)16-6-9-18-14(12-16)13-19(28-18)20(24)22-10-3-11-27-2/h4-9,12-13H,3,10-11H2,1-2H3,(H,22,24). The third-order valence-corrected chi connectivity index (χ3v) is 7.28. The maximum absolute atomic E-state index is 13.1. The third kappa shape index (κ3) is 4.75. The van der Waals surface area contributed by atoms with Crippen LogP contribution >= 0.6 is 11.3 Å². The topological polar surface area (TPSA) is 75.7 Å². The van der Waals surface area contributed by atoms with Crippen LogP contribution in [0.25, 0.3) is 10.1 Å². The van der Waals surface area contributed by atoms with Crippen molar-refractivity contribution in [3.63, 3.8) is 0 Å². The number of carbonyl (C=O) groups is 1. The predicted octanol–water partition coefficient (Wildman–Crippen LogP) is 3.63. The Bertz CT molecular complexity index is 1110. The Hall–Kier alpha value is -2.49. The van der Waals surface area contributed by atoms with E-state index in [2.05, 4.69) is 5.32 Å². The Kier molecular flexibility index (Phi) is 6.51. The summed E-state index contributed by atoms with van der Waals surface area (Å²) in [6.07, 6.45) is 0.726. The number of hydrogen-bond acceptors (Lipinski definition) is 5. The first kappa shape index (κ1) is 21.2. The molecule has 6 nitrogen and oxygen atoms in total. The molecule has 0 aliphatic carbocycles. The summed E-state index contributed by atoms with van der Waals surface area (Å²) in [5, 5.41) is 3.61. The van der Waals surface area contributed by atoms with Gasteiger partial charge in [0.05, 0.1) is 15.5 Å². The largest absolute Gasteiger partial charge is 0.385 e. The number of halogens is 1. The van der Waals surface area contributed by atoms with Crippen LogP contribution in [0.2, 0.25) is 0 Å². The molecule has 0 fully saturated rings. The Labute approximate surface area is 173 Å². The average molecular weight is 437 g/mol. The normalized spacial score (nSPS) is 11.6. The lowest BCUT2D eigenvalue weighted by molar-refractivity contribution is 0.0952. The smallest absolute Gasteiger partial charge is 0.264 e. The van der Waals surface area contributed by atoms with Crippen LogP contribution in [0.5, 0.6) is 0 Å². The Balaban J connectivity index is 1.82. The first-order chi connectivity index (χ1) is 13.8. The van der Waals surface area contributed by atoms with Crippen molar-refractivity contribution in [3.05, 3.63) is 59.2 Å². The highest BCUT2D eigenvalue weighted by atomic mass is 32.2. The van der Waals surface area contributed by atoms with Gasteiger partial charge in [-0.15, -0.1) is 11.3 Å². The van der Waals surface area contributed by atoms with Crippen LogP contribution in [0.15, 0.2) is 53.4 Å². The van der Waals surface area contributed by atoms with Crippen LogP contribution < -0.4 is 9.62 Å². The molecular formula is C20H21FN2O4S2. The SMILES string of the molecule is COCCCNC(=O)c1cc2cc(N(C)S(=O)(=O)c3ccc(F)cc3)ccc2s1. The number of amides is 1. The van der Waals surface area contributed by atoms with E-state index >= 15 is 0 Å². The molecule has 0 atom stereocenters. The van der Waals surface area contributed by atoms with Gasteiger partial charge in [-0.05, 0) is 60.3 Å². The van der Waals surface area contributed by atoms with E-state index in [1.807, 2.05) is 0 Å². The fraction of sp³-hybridized carbons (Fsp3) is 0.250. The highest BCUT2D eigenvalue weighted by molar-refractivity contribution is 7.92. The summed E-state index contributed by atoms with van der Waals surface area (Å²) in [7, 11) is -0.776. The van der Waals surface area contributed by atoms with Gasteiger partial charge in [0.15, 0.2) is 0 Å². The zero-order valence-electron chi connectivity index (χ0n) is 16.0. The van der Waals surface area contributed by atoms with Crippen molar-refractivity contribution in [1.82, 2.24) is 5.32 Å². The number of nitrogens with one attached hydrogen (secondary N) is 1. The second-order valence-corrected chi connectivity index (χ2v) is 9.41. The molecule has 0 saturated carbocycles. The summed E-state index contributed by atoms with van der Waals surface area (Å²) in [6, 6.07) is 11.6. The van der Waals surface area contributed by atoms with E-state index in [4.69, 9.17) is 4.74 Å². The van der Waals surface area contributed by atoms with Crippen molar-refractivity contribution in [2.45, 2.75) is 11.3 Å². The van der Waals surface area contributed by atoms with Crippen LogP contribution in [0, 0.1) is 5.82 Å². The number of hydrogen-bond donors (Lipinski definition) is 1. The van der Waals surface area contributed by atoms with E-state index in [0.29, 0.717) is 23.7 Å². The van der Waals surface area contributed by atoms with Gasteiger partial charge < -0.3 is 10.1 Å². The molecule has 0 radical (unpaired) electrons. The van der Waals surface area contributed by atoms with Crippen molar-refractivity contribution in [1.29, 1.82) is 0 Å². The molecule has 154 valence electrons. The molecule has 1 aromatic heterocycles. The highest BCUT2D eigenvalue weighted by Crippen LogP contribution is 2.31. The molecule has 3 aromatic rings. The number of thiophene rings is 1. The van der Waals surface area contributed by atoms with E-state index < -0.39 is 15.8 Å². The average Bonchev–Trinajstić information content (AvgIpc) is 3.14. The molecule has 1 heterocycles. The molecular weight excluding hydrogens is 415 g/mol. The first-order valence-corrected chi connectivity index (χ1v) is 11.1. The monoisotopic (exact) mass is 436 g/mol. The van der Waals surface area contributed by atoms with Gasteiger partial charge in [-0.1, -0.05) is 0 Å². The van der Waals surface area contributed by atoms with E-state index in [-0.39, 0.29) is 10.8 Å². The number of benzene rings is 2. The molecule has 29 heavy (non-hydrogen) atoms. The van der Waals surface area contributed by atoms with Gasteiger partial charge in [-0.2, -0.15) is 0 Å². The van der Waals surface area contributed by atoms with Crippen LogP contribution in [0.1, 0.15) is 16.1 Å². The van der Waals surface area contributed by atoms with Crippen LogP contribution in [-0.4, -0.2) is 41.6 Å². The fourth-order valence-corrected chi connectivity index (χ4v) is 4.89. The van der Waals surface area contributed by atoms with Crippen LogP contribution in [0.3, 0.4) is 0 Å². The lowest BCUT2D eigenvalue weighted by atomic mass is 10.2. The van der Waals surface area contributed by atoms with Gasteiger partial charge in [-0.25, -0.2) is 12.8 Å². The molecule has 0 unspecified atom stereocenters. The van der Waals surface area contributed by atoms with Gasteiger partial charge in [0.25, 0.3) is 15.9 Å². The van der Waals surface area contributed by atoms with Gasteiger partial charge in [0.2, 0.25) is 0 Å². The lowest BCUT2D eigenvalue weighted by Gasteiger charge is -2.19. The van der Waals surface area contributed by atoms with E-state index in [9.17, 15) is 17.6 Å². The van der Waals surface area contributed by atoms with Crippen molar-refractivity contribution in [3.8, 4) is 0 Å². The Morgan fingerprint density at radius 2 is 1.90 bits per heavy atom. The number of carbonyl (C=O) groups excluding carboxylic acids is 1. The highest BCUT2D eigenvalue weighted by Gasteiger charge is 2.22. The Morgan fingerprint density at radius 3 is 2.59 bits per heavy atom. The molecule has 2 aromatic carbocycles. The zero-order valence-corrected chi connectivity index (χ0v) is 17.6. The molecule has 1 N–H and O–H groups in total. The lowest BCUT2D eigenvalue weighted by Crippen LogP contribution is -2.26. The maximum Gasteiger partial charge on any atom is 0.264 e. The molecule has 0 saturated heterocycles. The second kappa shape index (κ2) is 8.89. The van der Waals surface area contributed by atoms with Crippen molar-refractivity contribution in [2.24, 2.45) is 0 Å². The van der Waals surface area contributed by atoms with Crippen LogP contribution in [0.4, 0.5) is 10.1 Å². The number of rotatable bonds is 8. The van der Waals surface area contributed by atoms with Crippen LogP contribution in [-0.2, 0) is 14.8 Å². The first-order valence-electron chi connectivity index (χ1n) is 8.88. The van der Waals surface area contributed by atoms with Crippen molar-refractivity contribution >= 4 is 43.0 Å². The molecule has 0 aliphatic heterocycles. The van der Waals surface area contributed by atoms with Crippen molar-refractivity contribution < 1.29 is 22.3 Å². The fourth-order valence-electron chi connectivity index (χ4n) is 2.75. The molecule has 0 bridgehead atoms. The number of sulfonamides is 1. The maximum atomic E-state index is 13.1. The van der Waals surface area contributed by atoms with E-state index in [0.717, 1.165) is 32.9 Å². The van der Waals surface area contributed by atoms with E-state index in [1.165, 1.54) is 30.5 Å². The molecule has 1 amide bonds. The molecule has 3 rings (SSSR count). The van der Waals surface area contributed by atoms with E-state index in [1.54, 1.807) is 31.4 Å². The molecule has 9 heteroatoms. The summed E-state index contributed by atoms with van der Waals surface area (Å²) in [6.45, 7) is 1.09. The minimum atomic E-state index is -3.83. The minimum Gasteiger partial charge on any atom is -0.385 e. The second-order valence-electron chi connectivity index (χ2n) is 6.36. The number of ether oxygens (including phenoxy) is 1. The quantitative estimate of drug-likeness (QED) is 0.547. The summed E-state index contributed by atoms with van der Waals surface area (Å²) in [4.78, 5) is 12.8. The summed E-state index contributed by atoms with van der Waals surface area (Å²) >= 11 is 1.34. The zero-order chi connectivity index (χ0) is 21.0. The third-order valence-electron chi connectivity index (χ3n) is 4.37. The van der Waals surface area contributed by atoms with Gasteiger partial charge in [0, 0.05) is 32.0 Å². The molecule has 0 aliphatic rings. The summed E-state index contributed by atoms with van der Waals surface area (Å²) < 4.78 is 45.7. The van der Waals surface area contributed by atoms with Crippen molar-refractivity contribution in [2.75, 3.05) is 31.6 Å². The Morgan fingerprint density at radius 1 is 1.17 bits per heavy atom. The molecule has 0 spiro atoms. The predicted molar refractivity (Wildman–Crippen MR) is 113 cm³/mol. The summed E-state index contributed by atoms with van der Waals surface area (Å²) in [5.41, 5.74) is 0.451. The van der Waals surface area contributed by atoms with Gasteiger partial charge in [0.1, 0.15) is 5.82 Å². The van der Waals surface area contributed by atoms with Gasteiger partial charge >= 0.3 is 0 Å².